The van der Waals surface area contributed by atoms with Gasteiger partial charge in [-0.2, -0.15) is 0 Å². The van der Waals surface area contributed by atoms with E-state index in [0.29, 0.717) is 43.2 Å². The summed E-state index contributed by atoms with van der Waals surface area (Å²) in [5.74, 6) is 0.106. The van der Waals surface area contributed by atoms with Crippen molar-refractivity contribution in [3.8, 4) is 22.6 Å². The zero-order valence-corrected chi connectivity index (χ0v) is 24.3. The summed E-state index contributed by atoms with van der Waals surface area (Å²) in [6.07, 6.45) is 5.19. The molecule has 1 aliphatic rings. The summed E-state index contributed by atoms with van der Waals surface area (Å²) in [5.41, 5.74) is 5.56. The van der Waals surface area contributed by atoms with Crippen LogP contribution in [0.1, 0.15) is 21.5 Å². The number of carbonyl (C=O) groups is 1. The molecule has 43 heavy (non-hydrogen) atoms. The van der Waals surface area contributed by atoms with Crippen LogP contribution >= 0.6 is 0 Å². The molecule has 0 aliphatic carbocycles. The zero-order chi connectivity index (χ0) is 30.1. The van der Waals surface area contributed by atoms with E-state index in [4.69, 9.17) is 4.74 Å². The van der Waals surface area contributed by atoms with Crippen LogP contribution < -0.4 is 16.6 Å². The van der Waals surface area contributed by atoms with Crippen LogP contribution in [-0.2, 0) is 11.8 Å². The van der Waals surface area contributed by atoms with Crippen LogP contribution in [-0.4, -0.2) is 55.8 Å². The van der Waals surface area contributed by atoms with Gasteiger partial charge < -0.3 is 19.5 Å². The number of anilines is 2. The first kappa shape index (κ1) is 27.9. The lowest BCUT2D eigenvalue weighted by molar-refractivity contribution is 0.0303. The van der Waals surface area contributed by atoms with E-state index >= 15 is 0 Å². The van der Waals surface area contributed by atoms with Crippen LogP contribution in [0.25, 0.3) is 22.6 Å². The summed E-state index contributed by atoms with van der Waals surface area (Å²) >= 11 is 0. The lowest BCUT2D eigenvalue weighted by Crippen LogP contribution is -2.40. The molecule has 0 bridgehead atoms. The van der Waals surface area contributed by atoms with Crippen molar-refractivity contribution in [1.82, 2.24) is 23.6 Å². The van der Waals surface area contributed by atoms with Gasteiger partial charge in [0.1, 0.15) is 0 Å². The summed E-state index contributed by atoms with van der Waals surface area (Å²) in [7, 11) is 1.67. The minimum Gasteiger partial charge on any atom is -0.378 e. The Hall–Kier alpha value is -5.22. The average Bonchev–Trinajstić information content (AvgIpc) is 3.41. The van der Waals surface area contributed by atoms with Gasteiger partial charge in [-0.3, -0.25) is 18.7 Å². The fraction of sp³-hybridized carbons (Fsp3) is 0.212. The minimum atomic E-state index is -0.294. The van der Waals surface area contributed by atoms with Crippen molar-refractivity contribution < 1.29 is 9.53 Å². The lowest BCUT2D eigenvalue weighted by atomic mass is 10.0. The molecular formula is C33H32N6O4. The molecule has 3 aromatic carbocycles. The first-order valence-corrected chi connectivity index (χ1v) is 14.1. The van der Waals surface area contributed by atoms with Crippen LogP contribution in [0.3, 0.4) is 0 Å². The predicted molar refractivity (Wildman–Crippen MR) is 166 cm³/mol. The molecule has 1 N–H and O–H groups in total. The Kier molecular flexibility index (Phi) is 7.52. The van der Waals surface area contributed by atoms with Crippen molar-refractivity contribution in [2.24, 2.45) is 7.05 Å². The second-order valence-corrected chi connectivity index (χ2v) is 10.6. The topological polar surface area (TPSA) is 103 Å². The number of benzene rings is 3. The fourth-order valence-electron chi connectivity index (χ4n) is 5.22. The number of carbonyl (C=O) groups excluding carboxylic acids is 1. The minimum absolute atomic E-state index is 0.0467. The van der Waals surface area contributed by atoms with E-state index in [1.165, 1.54) is 4.57 Å². The van der Waals surface area contributed by atoms with E-state index in [1.807, 2.05) is 56.3 Å². The number of aryl methyl sites for hydroxylation is 2. The quantitative estimate of drug-likeness (QED) is 0.325. The highest BCUT2D eigenvalue weighted by molar-refractivity contribution is 5.94. The molecule has 10 heteroatoms. The summed E-state index contributed by atoms with van der Waals surface area (Å²) < 4.78 is 10.0. The molecule has 1 amide bonds. The molecule has 0 atom stereocenters. The van der Waals surface area contributed by atoms with Gasteiger partial charge in [-0.05, 0) is 61.9 Å². The van der Waals surface area contributed by atoms with E-state index in [-0.39, 0.29) is 23.0 Å². The molecule has 0 unspecified atom stereocenters. The van der Waals surface area contributed by atoms with Gasteiger partial charge in [0.25, 0.3) is 11.5 Å². The van der Waals surface area contributed by atoms with Crippen LogP contribution in [0.5, 0.6) is 0 Å². The van der Waals surface area contributed by atoms with E-state index < -0.39 is 0 Å². The maximum atomic E-state index is 13.4. The number of imidazole rings is 1. The third-order valence-corrected chi connectivity index (χ3v) is 7.69. The molecule has 0 saturated carbocycles. The Labute approximate surface area is 248 Å². The molecular weight excluding hydrogens is 544 g/mol. The zero-order valence-electron chi connectivity index (χ0n) is 24.3. The van der Waals surface area contributed by atoms with Gasteiger partial charge in [0.05, 0.1) is 30.3 Å². The van der Waals surface area contributed by atoms with Crippen molar-refractivity contribution >= 4 is 17.4 Å². The van der Waals surface area contributed by atoms with Gasteiger partial charge >= 0.3 is 5.69 Å². The summed E-state index contributed by atoms with van der Waals surface area (Å²) in [6, 6.07) is 20.5. The highest BCUT2D eigenvalue weighted by Gasteiger charge is 2.19. The van der Waals surface area contributed by atoms with E-state index in [0.717, 1.165) is 28.1 Å². The van der Waals surface area contributed by atoms with E-state index in [9.17, 15) is 14.4 Å². The molecule has 2 aromatic heterocycles. The molecule has 5 aromatic rings. The van der Waals surface area contributed by atoms with Crippen molar-refractivity contribution in [1.29, 1.82) is 0 Å². The number of morpholine rings is 1. The van der Waals surface area contributed by atoms with Crippen molar-refractivity contribution in [2.45, 2.75) is 13.8 Å². The van der Waals surface area contributed by atoms with Crippen LogP contribution in [0.2, 0.25) is 0 Å². The first-order chi connectivity index (χ1) is 20.8. The Morgan fingerprint density at radius 1 is 0.884 bits per heavy atom. The van der Waals surface area contributed by atoms with Gasteiger partial charge in [-0.1, -0.05) is 29.8 Å². The molecule has 0 spiro atoms. The van der Waals surface area contributed by atoms with Crippen molar-refractivity contribution in [3.63, 3.8) is 0 Å². The number of nitrogens with one attached hydrogen (secondary N) is 1. The normalized spacial score (nSPS) is 13.2. The molecule has 218 valence electrons. The second-order valence-electron chi connectivity index (χ2n) is 10.6. The Balaban J connectivity index is 1.29. The molecule has 0 radical (unpaired) electrons. The number of hydrogen-bond acceptors (Lipinski definition) is 6. The smallest absolute Gasteiger partial charge is 0.337 e. The van der Waals surface area contributed by atoms with Crippen molar-refractivity contribution in [2.75, 3.05) is 31.6 Å². The summed E-state index contributed by atoms with van der Waals surface area (Å²) in [6.45, 7) is 6.15. The molecule has 3 heterocycles. The van der Waals surface area contributed by atoms with E-state index in [1.54, 1.807) is 63.9 Å². The Morgan fingerprint density at radius 2 is 1.58 bits per heavy atom. The molecule has 1 aliphatic heterocycles. The lowest BCUT2D eigenvalue weighted by Gasteiger charge is -2.26. The third kappa shape index (κ3) is 5.52. The third-order valence-electron chi connectivity index (χ3n) is 7.69. The Bertz CT molecular complexity index is 1910. The molecule has 10 nitrogen and oxygen atoms in total. The first-order valence-electron chi connectivity index (χ1n) is 14.1. The average molecular weight is 577 g/mol. The standard InChI is InChI=1S/C33H32N6O4/c1-22-7-13-26(14-8-22)38-15-16-39(33(38)42)29-6-4-5-27(23(29)2)28-21-36(3)32(41)30(35-28)34-25-11-9-24(10-12-25)31(40)37-17-19-43-20-18-37/h4-16,21H,17-20H2,1-3H3,(H,34,35). The number of rotatable bonds is 6. The second kappa shape index (κ2) is 11.6. The number of aromatic nitrogens is 4. The highest BCUT2D eigenvalue weighted by atomic mass is 16.5. The number of ether oxygens (including phenoxy) is 1. The molecule has 1 fully saturated rings. The van der Waals surface area contributed by atoms with Gasteiger partial charge in [0.2, 0.25) is 0 Å². The van der Waals surface area contributed by atoms with Crippen LogP contribution in [0.4, 0.5) is 11.5 Å². The largest absolute Gasteiger partial charge is 0.378 e. The highest BCUT2D eigenvalue weighted by Crippen LogP contribution is 2.27. The van der Waals surface area contributed by atoms with Gasteiger partial charge in [-0.15, -0.1) is 0 Å². The maximum absolute atomic E-state index is 13.4. The Morgan fingerprint density at radius 3 is 2.30 bits per heavy atom. The monoisotopic (exact) mass is 576 g/mol. The van der Waals surface area contributed by atoms with Gasteiger partial charge in [-0.25, -0.2) is 9.78 Å². The van der Waals surface area contributed by atoms with Gasteiger partial charge in [0.15, 0.2) is 5.82 Å². The number of hydrogen-bond donors (Lipinski definition) is 1. The van der Waals surface area contributed by atoms with Crippen LogP contribution in [0, 0.1) is 13.8 Å². The molecule has 1 saturated heterocycles. The van der Waals surface area contributed by atoms with Crippen LogP contribution in [0.15, 0.2) is 94.9 Å². The summed E-state index contributed by atoms with van der Waals surface area (Å²) in [5, 5.41) is 3.12. The number of nitrogens with zero attached hydrogens (tertiary/aromatic N) is 5. The summed E-state index contributed by atoms with van der Waals surface area (Å²) in [4.78, 5) is 45.7. The fourth-order valence-corrected chi connectivity index (χ4v) is 5.22. The maximum Gasteiger partial charge on any atom is 0.337 e. The van der Waals surface area contributed by atoms with E-state index in [2.05, 4.69) is 10.3 Å². The van der Waals surface area contributed by atoms with Gasteiger partial charge in [0, 0.05) is 55.5 Å². The van der Waals surface area contributed by atoms with Crippen molar-refractivity contribution in [3.05, 3.63) is 123 Å². The SMILES string of the molecule is Cc1ccc(-n2ccn(-c3cccc(-c4cn(C)c(=O)c(Nc5ccc(C(=O)N6CCOCC6)cc5)n4)c3C)c2=O)cc1. The molecule has 6 rings (SSSR count). The predicted octanol–water partition coefficient (Wildman–Crippen LogP) is 4.22. The number of amides is 1.